The summed E-state index contributed by atoms with van der Waals surface area (Å²) in [5, 5.41) is 19.7. The molecular formula is C11H8FN3O4. The number of halogens is 1. The number of nitro benzene ring substituents is 1. The molecule has 0 saturated carbocycles. The quantitative estimate of drug-likeness (QED) is 0.675. The maximum Gasteiger partial charge on any atom is 0.338 e. The summed E-state index contributed by atoms with van der Waals surface area (Å²) in [4.78, 5) is 24.9. The molecule has 1 aromatic heterocycles. The van der Waals surface area contributed by atoms with Gasteiger partial charge in [-0.25, -0.2) is 14.2 Å². The van der Waals surface area contributed by atoms with E-state index in [4.69, 9.17) is 5.11 Å². The van der Waals surface area contributed by atoms with Crippen molar-refractivity contribution >= 4 is 11.7 Å². The Morgan fingerprint density at radius 1 is 1.53 bits per heavy atom. The van der Waals surface area contributed by atoms with Gasteiger partial charge in [0.15, 0.2) is 0 Å². The molecule has 1 aromatic carbocycles. The van der Waals surface area contributed by atoms with Gasteiger partial charge >= 0.3 is 5.97 Å². The van der Waals surface area contributed by atoms with Crippen LogP contribution in [0.25, 0.3) is 5.69 Å². The molecule has 7 nitrogen and oxygen atoms in total. The average Bonchev–Trinajstić information content (AvgIpc) is 2.74. The average molecular weight is 265 g/mol. The van der Waals surface area contributed by atoms with Crippen LogP contribution in [0.2, 0.25) is 0 Å². The number of benzene rings is 1. The van der Waals surface area contributed by atoms with E-state index in [-0.39, 0.29) is 5.69 Å². The van der Waals surface area contributed by atoms with Crippen molar-refractivity contribution < 1.29 is 19.2 Å². The first kappa shape index (κ1) is 12.7. The Kier molecular flexibility index (Phi) is 2.99. The van der Waals surface area contributed by atoms with Crippen LogP contribution in [0.15, 0.2) is 24.7 Å². The normalized spacial score (nSPS) is 10.4. The zero-order valence-corrected chi connectivity index (χ0v) is 9.70. The molecule has 2 aromatic rings. The number of aryl methyl sites for hydroxylation is 1. The first-order valence-electron chi connectivity index (χ1n) is 5.12. The van der Waals surface area contributed by atoms with Gasteiger partial charge in [0.1, 0.15) is 11.5 Å². The van der Waals surface area contributed by atoms with Crippen LogP contribution in [0.3, 0.4) is 0 Å². The van der Waals surface area contributed by atoms with Crippen molar-refractivity contribution in [3.05, 3.63) is 51.8 Å². The Balaban J connectivity index is 2.72. The molecule has 19 heavy (non-hydrogen) atoms. The molecule has 0 aliphatic carbocycles. The van der Waals surface area contributed by atoms with Crippen LogP contribution in [0.5, 0.6) is 0 Å². The number of rotatable bonds is 3. The van der Waals surface area contributed by atoms with E-state index in [2.05, 4.69) is 4.98 Å². The van der Waals surface area contributed by atoms with Crippen LogP contribution < -0.4 is 0 Å². The van der Waals surface area contributed by atoms with Crippen LogP contribution in [0.1, 0.15) is 16.1 Å². The fourth-order valence-electron chi connectivity index (χ4n) is 1.62. The van der Waals surface area contributed by atoms with Crippen LogP contribution in [-0.2, 0) is 0 Å². The summed E-state index contributed by atoms with van der Waals surface area (Å²) in [6.07, 6.45) is 2.77. The molecule has 0 radical (unpaired) electrons. The monoisotopic (exact) mass is 265 g/mol. The van der Waals surface area contributed by atoms with E-state index < -0.39 is 28.0 Å². The lowest BCUT2D eigenvalue weighted by Gasteiger charge is -2.06. The van der Waals surface area contributed by atoms with Gasteiger partial charge in [0.05, 0.1) is 28.6 Å². The summed E-state index contributed by atoms with van der Waals surface area (Å²) in [5.74, 6) is -2.65. The highest BCUT2D eigenvalue weighted by atomic mass is 19.1. The first-order chi connectivity index (χ1) is 8.90. The summed E-state index contributed by atoms with van der Waals surface area (Å²) < 4.78 is 14.7. The first-order valence-corrected chi connectivity index (χ1v) is 5.12. The Morgan fingerprint density at radius 3 is 2.68 bits per heavy atom. The summed E-state index contributed by atoms with van der Waals surface area (Å²) >= 11 is 0. The topological polar surface area (TPSA) is 98.3 Å². The van der Waals surface area contributed by atoms with Gasteiger partial charge in [0.2, 0.25) is 0 Å². The van der Waals surface area contributed by atoms with Crippen molar-refractivity contribution in [2.24, 2.45) is 0 Å². The molecule has 1 heterocycles. The molecule has 0 bridgehead atoms. The fraction of sp³-hybridized carbons (Fsp3) is 0.0909. The summed E-state index contributed by atoms with van der Waals surface area (Å²) in [7, 11) is 0. The van der Waals surface area contributed by atoms with Crippen molar-refractivity contribution in [3.8, 4) is 5.69 Å². The molecule has 0 fully saturated rings. The predicted molar refractivity (Wildman–Crippen MR) is 61.9 cm³/mol. The highest BCUT2D eigenvalue weighted by Gasteiger charge is 2.22. The standard InChI is InChI=1S/C11H8FN3O4/c1-6-4-14(5-13-6)9-2-7(11(16)17)8(12)3-10(9)15(18)19/h2-5H,1H3,(H,16,17). The summed E-state index contributed by atoms with van der Waals surface area (Å²) in [6.45, 7) is 1.67. The lowest BCUT2D eigenvalue weighted by atomic mass is 10.1. The molecule has 98 valence electrons. The van der Waals surface area contributed by atoms with Gasteiger partial charge in [0.25, 0.3) is 5.69 Å². The predicted octanol–water partition coefficient (Wildman–Crippen LogP) is 1.93. The highest BCUT2D eigenvalue weighted by Crippen LogP contribution is 2.26. The maximum atomic E-state index is 13.5. The molecule has 0 amide bonds. The lowest BCUT2D eigenvalue weighted by molar-refractivity contribution is -0.384. The van der Waals surface area contributed by atoms with Gasteiger partial charge in [-0.1, -0.05) is 0 Å². The minimum atomic E-state index is -1.49. The zero-order chi connectivity index (χ0) is 14.2. The van der Waals surface area contributed by atoms with Crippen LogP contribution in [0.4, 0.5) is 10.1 Å². The van der Waals surface area contributed by atoms with E-state index in [1.807, 2.05) is 0 Å². The second-order valence-electron chi connectivity index (χ2n) is 3.81. The summed E-state index contributed by atoms with van der Waals surface area (Å²) in [5.41, 5.74) is -0.619. The van der Waals surface area contributed by atoms with Crippen molar-refractivity contribution in [3.63, 3.8) is 0 Å². The Bertz CT molecular complexity index is 681. The van der Waals surface area contributed by atoms with E-state index in [1.54, 1.807) is 6.92 Å². The smallest absolute Gasteiger partial charge is 0.338 e. The minimum Gasteiger partial charge on any atom is -0.478 e. The number of hydrogen-bond acceptors (Lipinski definition) is 4. The largest absolute Gasteiger partial charge is 0.478 e. The van der Waals surface area contributed by atoms with Crippen molar-refractivity contribution in [1.82, 2.24) is 9.55 Å². The fourth-order valence-corrected chi connectivity index (χ4v) is 1.62. The van der Waals surface area contributed by atoms with Gasteiger partial charge in [-0.2, -0.15) is 0 Å². The third-order valence-electron chi connectivity index (χ3n) is 2.48. The van der Waals surface area contributed by atoms with E-state index in [0.717, 1.165) is 6.07 Å². The maximum absolute atomic E-state index is 13.5. The second-order valence-corrected chi connectivity index (χ2v) is 3.81. The lowest BCUT2D eigenvalue weighted by Crippen LogP contribution is -2.06. The molecule has 0 saturated heterocycles. The second kappa shape index (κ2) is 4.48. The third-order valence-corrected chi connectivity index (χ3v) is 2.48. The third kappa shape index (κ3) is 2.28. The number of carboxylic acids is 1. The van der Waals surface area contributed by atoms with Crippen molar-refractivity contribution in [2.75, 3.05) is 0 Å². The minimum absolute atomic E-state index is 0.0515. The van der Waals surface area contributed by atoms with E-state index in [0.29, 0.717) is 11.8 Å². The molecule has 0 atom stereocenters. The Hall–Kier alpha value is -2.77. The Morgan fingerprint density at radius 2 is 2.21 bits per heavy atom. The van der Waals surface area contributed by atoms with Gasteiger partial charge in [-0.15, -0.1) is 0 Å². The number of aromatic nitrogens is 2. The van der Waals surface area contributed by atoms with E-state index in [9.17, 15) is 19.3 Å². The number of carbonyl (C=O) groups is 1. The van der Waals surface area contributed by atoms with Crippen LogP contribution >= 0.6 is 0 Å². The molecule has 0 unspecified atom stereocenters. The van der Waals surface area contributed by atoms with Gasteiger partial charge in [-0.05, 0) is 13.0 Å². The molecule has 0 aliphatic rings. The van der Waals surface area contributed by atoms with Gasteiger partial charge in [-0.3, -0.25) is 14.7 Å². The molecule has 8 heteroatoms. The van der Waals surface area contributed by atoms with E-state index >= 15 is 0 Å². The number of nitro groups is 1. The highest BCUT2D eigenvalue weighted by molar-refractivity contribution is 5.89. The molecule has 0 spiro atoms. The zero-order valence-electron chi connectivity index (χ0n) is 9.70. The van der Waals surface area contributed by atoms with Crippen LogP contribution in [0, 0.1) is 22.9 Å². The van der Waals surface area contributed by atoms with Gasteiger partial charge < -0.3 is 5.11 Å². The van der Waals surface area contributed by atoms with E-state index in [1.165, 1.54) is 17.1 Å². The van der Waals surface area contributed by atoms with Crippen molar-refractivity contribution in [1.29, 1.82) is 0 Å². The Labute approximate surface area is 106 Å². The van der Waals surface area contributed by atoms with Gasteiger partial charge in [0, 0.05) is 6.20 Å². The molecule has 0 aliphatic heterocycles. The number of nitrogens with zero attached hydrogens (tertiary/aromatic N) is 3. The number of carboxylic acid groups (broad SMARTS) is 1. The van der Waals surface area contributed by atoms with Crippen molar-refractivity contribution in [2.45, 2.75) is 6.92 Å². The molecular weight excluding hydrogens is 257 g/mol. The molecule has 1 N–H and O–H groups in total. The van der Waals surface area contributed by atoms with Crippen LogP contribution in [-0.4, -0.2) is 25.6 Å². The summed E-state index contributed by atoms with van der Waals surface area (Å²) in [6, 6.07) is 1.50. The number of imidazole rings is 1. The molecule has 2 rings (SSSR count). The number of aromatic carboxylic acids is 1. The number of hydrogen-bond donors (Lipinski definition) is 1. The SMILES string of the molecule is Cc1cn(-c2cc(C(=O)O)c(F)cc2[N+](=O)[O-])cn1.